The molecule has 3 heteroatoms. The second kappa shape index (κ2) is 8.22. The minimum atomic E-state index is -3.13. The van der Waals surface area contributed by atoms with Crippen molar-refractivity contribution >= 4 is 55.6 Å². The summed E-state index contributed by atoms with van der Waals surface area (Å²) in [7, 11) is -3.13. The molecule has 8 aromatic rings. The van der Waals surface area contributed by atoms with Crippen LogP contribution in [-0.2, 0) is 4.57 Å². The summed E-state index contributed by atoms with van der Waals surface area (Å²) < 4.78 is 18.0. The van der Waals surface area contributed by atoms with Gasteiger partial charge in [0.1, 0.15) is 0 Å². The molecule has 0 saturated heterocycles. The van der Waals surface area contributed by atoms with Crippen LogP contribution in [0.4, 0.5) is 0 Å². The predicted molar refractivity (Wildman–Crippen MR) is 181 cm³/mol. The number of rotatable bonds is 2. The van der Waals surface area contributed by atoms with E-state index in [0.717, 1.165) is 54.5 Å². The number of fused-ring (bicyclic) bond motifs is 10. The van der Waals surface area contributed by atoms with Gasteiger partial charge in [-0.2, -0.15) is 0 Å². The maximum Gasteiger partial charge on any atom is 0.172 e. The van der Waals surface area contributed by atoms with E-state index in [9.17, 15) is 0 Å². The van der Waals surface area contributed by atoms with Crippen molar-refractivity contribution in [3.63, 3.8) is 0 Å². The topological polar surface area (TPSA) is 22.0 Å². The molecule has 0 radical (unpaired) electrons. The largest absolute Gasteiger partial charge is 0.309 e. The fourth-order valence-corrected chi connectivity index (χ4v) is 11.1. The summed E-state index contributed by atoms with van der Waals surface area (Å²) >= 11 is 0. The van der Waals surface area contributed by atoms with Gasteiger partial charge in [-0.05, 0) is 68.4 Å². The first kappa shape index (κ1) is 23.4. The van der Waals surface area contributed by atoms with Crippen LogP contribution in [0.15, 0.2) is 146 Å². The van der Waals surface area contributed by atoms with E-state index in [1.165, 1.54) is 33.0 Å². The van der Waals surface area contributed by atoms with Gasteiger partial charge in [0.15, 0.2) is 7.14 Å². The van der Waals surface area contributed by atoms with Crippen molar-refractivity contribution in [2.24, 2.45) is 0 Å². The van der Waals surface area contributed by atoms with E-state index < -0.39 is 7.14 Å². The van der Waals surface area contributed by atoms with Crippen LogP contribution >= 0.6 is 7.14 Å². The maximum atomic E-state index is 15.6. The first-order valence-corrected chi connectivity index (χ1v) is 16.4. The van der Waals surface area contributed by atoms with E-state index in [4.69, 9.17) is 0 Å². The number of para-hydroxylation sites is 1. The van der Waals surface area contributed by atoms with Crippen molar-refractivity contribution < 1.29 is 4.57 Å². The lowest BCUT2D eigenvalue weighted by atomic mass is 10.0. The van der Waals surface area contributed by atoms with Crippen LogP contribution in [0.25, 0.3) is 71.6 Å². The number of hydrogen-bond donors (Lipinski definition) is 0. The first-order chi connectivity index (χ1) is 21.2. The number of benzene rings is 7. The van der Waals surface area contributed by atoms with Crippen LogP contribution in [-0.4, -0.2) is 4.57 Å². The normalized spacial score (nSPS) is 16.1. The van der Waals surface area contributed by atoms with Gasteiger partial charge in [-0.3, -0.25) is 0 Å². The van der Waals surface area contributed by atoms with Crippen LogP contribution in [0.2, 0.25) is 0 Å². The van der Waals surface area contributed by atoms with Gasteiger partial charge in [-0.25, -0.2) is 0 Å². The fraction of sp³-hybridized carbons (Fsp3) is 0. The Morgan fingerprint density at radius 3 is 2.02 bits per heavy atom. The van der Waals surface area contributed by atoms with Gasteiger partial charge in [0, 0.05) is 32.4 Å². The van der Waals surface area contributed by atoms with Gasteiger partial charge in [-0.1, -0.05) is 121 Å². The highest BCUT2D eigenvalue weighted by Crippen LogP contribution is 2.55. The van der Waals surface area contributed by atoms with Gasteiger partial charge >= 0.3 is 0 Å². The Morgan fingerprint density at radius 1 is 0.465 bits per heavy atom. The molecule has 10 rings (SSSR count). The summed E-state index contributed by atoms with van der Waals surface area (Å²) in [6.45, 7) is 0. The number of aromatic nitrogens is 1. The van der Waals surface area contributed by atoms with Crippen molar-refractivity contribution in [1.82, 2.24) is 4.57 Å². The molecule has 2 aliphatic rings. The third-order valence-corrected chi connectivity index (χ3v) is 12.7. The zero-order chi connectivity index (χ0) is 28.3. The van der Waals surface area contributed by atoms with Crippen molar-refractivity contribution in [3.8, 4) is 39.1 Å². The van der Waals surface area contributed by atoms with Gasteiger partial charge in [-0.15, -0.1) is 0 Å². The number of nitrogens with zero attached hydrogens (tertiary/aromatic N) is 1. The van der Waals surface area contributed by atoms with E-state index >= 15 is 4.57 Å². The lowest BCUT2D eigenvalue weighted by Gasteiger charge is -2.17. The van der Waals surface area contributed by atoms with Crippen LogP contribution in [0.3, 0.4) is 0 Å². The molecule has 1 aliphatic heterocycles. The molecule has 1 unspecified atom stereocenters. The molecule has 1 aromatic heterocycles. The van der Waals surface area contributed by atoms with Gasteiger partial charge in [0.05, 0.1) is 11.0 Å². The van der Waals surface area contributed by atoms with Crippen molar-refractivity contribution in [2.75, 3.05) is 0 Å². The average molecular weight is 566 g/mol. The Hall–Kier alpha value is -5.17. The van der Waals surface area contributed by atoms with Crippen LogP contribution in [0.5, 0.6) is 0 Å². The SMILES string of the molecule is O=P1(c2ccccc2)c2ccccc2-c2ccc3c(c21)c1ccccc1n3-c1ccc2c(c1)-c1cccc3cccc-2c13. The Balaban J connectivity index is 1.31. The third kappa shape index (κ3) is 2.87. The summed E-state index contributed by atoms with van der Waals surface area (Å²) in [6, 6.07) is 51.4. The maximum absolute atomic E-state index is 15.6. The Labute approximate surface area is 248 Å². The monoisotopic (exact) mass is 565 g/mol. The molecule has 0 N–H and O–H groups in total. The molecule has 0 bridgehead atoms. The third-order valence-electron chi connectivity index (χ3n) is 9.53. The predicted octanol–water partition coefficient (Wildman–Crippen LogP) is 9.20. The summed E-state index contributed by atoms with van der Waals surface area (Å²) in [4.78, 5) is 0. The molecule has 0 amide bonds. The zero-order valence-electron chi connectivity index (χ0n) is 23.2. The smallest absolute Gasteiger partial charge is 0.172 e. The molecule has 1 aliphatic carbocycles. The quantitative estimate of drug-likeness (QED) is 0.192. The fourth-order valence-electron chi connectivity index (χ4n) is 7.79. The van der Waals surface area contributed by atoms with E-state index in [0.29, 0.717) is 0 Å². The molecular formula is C40H24NOP. The molecule has 0 saturated carbocycles. The number of hydrogen-bond acceptors (Lipinski definition) is 1. The van der Waals surface area contributed by atoms with Crippen molar-refractivity contribution in [3.05, 3.63) is 146 Å². The Morgan fingerprint density at radius 2 is 1.16 bits per heavy atom. The van der Waals surface area contributed by atoms with E-state index in [1.807, 2.05) is 36.4 Å². The molecule has 2 heterocycles. The second-order valence-corrected chi connectivity index (χ2v) is 14.3. The minimum Gasteiger partial charge on any atom is -0.309 e. The highest BCUT2D eigenvalue weighted by Gasteiger charge is 2.42. The molecule has 200 valence electrons. The second-order valence-electron chi connectivity index (χ2n) is 11.6. The van der Waals surface area contributed by atoms with Crippen molar-refractivity contribution in [2.45, 2.75) is 0 Å². The van der Waals surface area contributed by atoms with Crippen LogP contribution in [0.1, 0.15) is 0 Å². The van der Waals surface area contributed by atoms with Crippen molar-refractivity contribution in [1.29, 1.82) is 0 Å². The highest BCUT2D eigenvalue weighted by atomic mass is 31.2. The van der Waals surface area contributed by atoms with Crippen LogP contribution in [0, 0.1) is 0 Å². The Bertz CT molecular complexity index is 2530. The lowest BCUT2D eigenvalue weighted by Crippen LogP contribution is -2.21. The molecule has 2 nitrogen and oxygen atoms in total. The van der Waals surface area contributed by atoms with Gasteiger partial charge < -0.3 is 9.13 Å². The zero-order valence-corrected chi connectivity index (χ0v) is 24.1. The lowest BCUT2D eigenvalue weighted by molar-refractivity contribution is 0.593. The average Bonchev–Trinajstić information content (AvgIpc) is 3.67. The van der Waals surface area contributed by atoms with E-state index in [1.54, 1.807) is 0 Å². The summed E-state index contributed by atoms with van der Waals surface area (Å²) in [5.74, 6) is 0. The van der Waals surface area contributed by atoms with Gasteiger partial charge in [0.2, 0.25) is 0 Å². The molecule has 43 heavy (non-hydrogen) atoms. The summed E-state index contributed by atoms with van der Waals surface area (Å²) in [5.41, 5.74) is 10.6. The summed E-state index contributed by atoms with van der Waals surface area (Å²) in [6.07, 6.45) is 0. The first-order valence-electron chi connectivity index (χ1n) is 14.7. The minimum absolute atomic E-state index is 0.883. The molecular weight excluding hydrogens is 541 g/mol. The summed E-state index contributed by atoms with van der Waals surface area (Å²) in [5, 5.41) is 7.60. The molecule has 0 fully saturated rings. The standard InChI is InChI=1S/C40H24NOP/c42-43(27-12-2-1-3-13-27)37-19-7-5-14-29(37)32-22-23-36-39(40(32)43)33-15-4-6-18-35(33)41(36)26-20-21-28-30-16-8-10-25-11-9-17-31(38(25)30)34(28)24-26/h1-24H. The van der Waals surface area contributed by atoms with Gasteiger partial charge in [0.25, 0.3) is 0 Å². The Kier molecular flexibility index (Phi) is 4.47. The molecule has 0 spiro atoms. The molecule has 1 atom stereocenters. The molecule has 7 aromatic carbocycles. The van der Waals surface area contributed by atoms with E-state index in [2.05, 4.69) is 114 Å². The highest BCUT2D eigenvalue weighted by molar-refractivity contribution is 7.86. The van der Waals surface area contributed by atoms with Crippen LogP contribution < -0.4 is 15.9 Å². The van der Waals surface area contributed by atoms with E-state index in [-0.39, 0.29) is 0 Å².